The van der Waals surface area contributed by atoms with Crippen molar-refractivity contribution in [3.05, 3.63) is 48.4 Å². The van der Waals surface area contributed by atoms with Crippen molar-refractivity contribution in [3.8, 4) is 11.1 Å². The predicted octanol–water partition coefficient (Wildman–Crippen LogP) is 2.88. The zero-order chi connectivity index (χ0) is 19.0. The molecule has 4 rings (SSSR count). The number of hydrogen-bond donors (Lipinski definition) is 2. The molecule has 1 aliphatic rings. The molecule has 2 atom stereocenters. The highest BCUT2D eigenvalue weighted by Crippen LogP contribution is 2.33. The van der Waals surface area contributed by atoms with Crippen LogP contribution in [-0.2, 0) is 10.9 Å². The van der Waals surface area contributed by atoms with E-state index in [1.807, 2.05) is 0 Å². The van der Waals surface area contributed by atoms with Crippen LogP contribution < -0.4 is 5.32 Å². The van der Waals surface area contributed by atoms with Crippen molar-refractivity contribution in [1.82, 2.24) is 15.0 Å². The van der Waals surface area contributed by atoms with Gasteiger partial charge in [0.2, 0.25) is 0 Å². The molecule has 3 aromatic rings. The third-order valence-corrected chi connectivity index (χ3v) is 4.40. The maximum absolute atomic E-state index is 12.8. The first-order valence-electron chi connectivity index (χ1n) is 8.23. The zero-order valence-electron chi connectivity index (χ0n) is 13.9. The summed E-state index contributed by atoms with van der Waals surface area (Å²) in [4.78, 5) is 13.0. The Kier molecular flexibility index (Phi) is 4.40. The second-order valence-electron chi connectivity index (χ2n) is 6.20. The molecule has 1 aromatic carbocycles. The van der Waals surface area contributed by atoms with Crippen molar-refractivity contribution < 1.29 is 23.0 Å². The van der Waals surface area contributed by atoms with Gasteiger partial charge < -0.3 is 15.2 Å². The molecule has 0 saturated carbocycles. The van der Waals surface area contributed by atoms with Gasteiger partial charge in [0.15, 0.2) is 5.82 Å². The van der Waals surface area contributed by atoms with E-state index in [9.17, 15) is 18.3 Å². The largest absolute Gasteiger partial charge is 0.416 e. The quantitative estimate of drug-likeness (QED) is 0.732. The van der Waals surface area contributed by atoms with Crippen LogP contribution in [0.25, 0.3) is 22.2 Å². The van der Waals surface area contributed by atoms with Gasteiger partial charge in [0.05, 0.1) is 30.9 Å². The molecule has 0 radical (unpaired) electrons. The Labute approximate surface area is 152 Å². The number of aromatic nitrogens is 3. The number of benzene rings is 1. The highest BCUT2D eigenvalue weighted by Gasteiger charge is 2.30. The fraction of sp³-hybridized carbons (Fsp3) is 0.278. The maximum atomic E-state index is 12.8. The molecule has 6 nitrogen and oxygen atoms in total. The molecule has 3 heterocycles. The van der Waals surface area contributed by atoms with Crippen LogP contribution in [0, 0.1) is 0 Å². The summed E-state index contributed by atoms with van der Waals surface area (Å²) >= 11 is 0. The van der Waals surface area contributed by atoms with E-state index in [4.69, 9.17) is 4.74 Å². The van der Waals surface area contributed by atoms with E-state index < -0.39 is 17.8 Å². The molecule has 0 unspecified atom stereocenters. The molecule has 27 heavy (non-hydrogen) atoms. The molecule has 0 bridgehead atoms. The lowest BCUT2D eigenvalue weighted by Gasteiger charge is -2.17. The summed E-state index contributed by atoms with van der Waals surface area (Å²) in [6, 6.07) is 4.50. The van der Waals surface area contributed by atoms with Gasteiger partial charge in [-0.2, -0.15) is 13.2 Å². The van der Waals surface area contributed by atoms with Crippen LogP contribution >= 0.6 is 0 Å². The summed E-state index contributed by atoms with van der Waals surface area (Å²) in [6.45, 7) is 0.580. The Morgan fingerprint density at radius 3 is 2.33 bits per heavy atom. The molecule has 2 aromatic heterocycles. The number of aliphatic hydroxyl groups is 1. The first kappa shape index (κ1) is 17.6. The Morgan fingerprint density at radius 1 is 1.00 bits per heavy atom. The molecule has 140 valence electrons. The van der Waals surface area contributed by atoms with Crippen LogP contribution in [0.15, 0.2) is 42.9 Å². The van der Waals surface area contributed by atoms with Gasteiger partial charge in [0, 0.05) is 24.2 Å². The number of anilines is 1. The van der Waals surface area contributed by atoms with Crippen LogP contribution in [0.4, 0.5) is 19.0 Å². The number of hydrogen-bond acceptors (Lipinski definition) is 6. The average Bonchev–Trinajstić information content (AvgIpc) is 3.06. The van der Waals surface area contributed by atoms with Gasteiger partial charge in [0.25, 0.3) is 0 Å². The summed E-state index contributed by atoms with van der Waals surface area (Å²) in [7, 11) is 0. The van der Waals surface area contributed by atoms with Gasteiger partial charge >= 0.3 is 6.18 Å². The Morgan fingerprint density at radius 2 is 1.70 bits per heavy atom. The van der Waals surface area contributed by atoms with E-state index >= 15 is 0 Å². The van der Waals surface area contributed by atoms with E-state index in [0.717, 1.165) is 12.1 Å². The van der Waals surface area contributed by atoms with Gasteiger partial charge in [-0.15, -0.1) is 0 Å². The van der Waals surface area contributed by atoms with Gasteiger partial charge in [-0.1, -0.05) is 12.1 Å². The van der Waals surface area contributed by atoms with Crippen LogP contribution in [-0.4, -0.2) is 45.4 Å². The zero-order valence-corrected chi connectivity index (χ0v) is 13.9. The first-order chi connectivity index (χ1) is 12.9. The molecule has 0 spiro atoms. The van der Waals surface area contributed by atoms with Crippen molar-refractivity contribution in [2.24, 2.45) is 0 Å². The number of rotatable bonds is 3. The lowest BCUT2D eigenvalue weighted by molar-refractivity contribution is -0.137. The standard InChI is InChI=1S/C18H15F3N4O2/c19-18(20,21)11-3-1-10(2-4-11)12-7-24-17(16-15(12)22-5-6-23-16)25-13-8-27-9-14(13)26/h1-7,13-14,26H,8-9H2,(H,24,25)/t13-,14-/m0/s1. The monoisotopic (exact) mass is 376 g/mol. The molecular weight excluding hydrogens is 361 g/mol. The molecule has 1 saturated heterocycles. The number of alkyl halides is 3. The molecule has 0 aliphatic carbocycles. The van der Waals surface area contributed by atoms with Crippen LogP contribution in [0.5, 0.6) is 0 Å². The molecule has 0 amide bonds. The van der Waals surface area contributed by atoms with Crippen molar-refractivity contribution >= 4 is 16.9 Å². The topological polar surface area (TPSA) is 80.2 Å². The third kappa shape index (κ3) is 3.43. The summed E-state index contributed by atoms with van der Waals surface area (Å²) in [5, 5.41) is 13.0. The predicted molar refractivity (Wildman–Crippen MR) is 92.0 cm³/mol. The maximum Gasteiger partial charge on any atom is 0.416 e. The Bertz CT molecular complexity index is 963. The normalized spacial score (nSPS) is 20.1. The van der Waals surface area contributed by atoms with E-state index in [1.54, 1.807) is 0 Å². The van der Waals surface area contributed by atoms with E-state index in [2.05, 4.69) is 20.3 Å². The molecular formula is C18H15F3N4O2. The van der Waals surface area contributed by atoms with Crippen molar-refractivity contribution in [3.63, 3.8) is 0 Å². The second-order valence-corrected chi connectivity index (χ2v) is 6.20. The van der Waals surface area contributed by atoms with E-state index in [-0.39, 0.29) is 12.6 Å². The highest BCUT2D eigenvalue weighted by molar-refractivity contribution is 5.96. The number of nitrogens with zero attached hydrogens (tertiary/aromatic N) is 3. The molecule has 1 fully saturated rings. The number of nitrogens with one attached hydrogen (secondary N) is 1. The average molecular weight is 376 g/mol. The van der Waals surface area contributed by atoms with Gasteiger partial charge in [0.1, 0.15) is 11.0 Å². The van der Waals surface area contributed by atoms with E-state index in [1.165, 1.54) is 30.7 Å². The van der Waals surface area contributed by atoms with Gasteiger partial charge in [-0.05, 0) is 17.7 Å². The van der Waals surface area contributed by atoms with Crippen LogP contribution in [0.1, 0.15) is 5.56 Å². The van der Waals surface area contributed by atoms with Crippen molar-refractivity contribution in [2.45, 2.75) is 18.3 Å². The van der Waals surface area contributed by atoms with Crippen molar-refractivity contribution in [1.29, 1.82) is 0 Å². The number of halogens is 3. The fourth-order valence-corrected chi connectivity index (χ4v) is 2.97. The lowest BCUT2D eigenvalue weighted by atomic mass is 10.0. The first-order valence-corrected chi connectivity index (χ1v) is 8.23. The minimum atomic E-state index is -4.39. The number of fused-ring (bicyclic) bond motifs is 1. The highest BCUT2D eigenvalue weighted by atomic mass is 19.4. The van der Waals surface area contributed by atoms with E-state index in [0.29, 0.717) is 34.6 Å². The summed E-state index contributed by atoms with van der Waals surface area (Å²) in [5.74, 6) is 0.434. The SMILES string of the molecule is O[C@H]1COC[C@@H]1Nc1ncc(-c2ccc(C(F)(F)F)cc2)c2nccnc12. The number of ether oxygens (including phenoxy) is 1. The molecule has 9 heteroatoms. The summed E-state index contributed by atoms with van der Waals surface area (Å²) < 4.78 is 43.6. The minimum Gasteiger partial charge on any atom is -0.388 e. The fourth-order valence-electron chi connectivity index (χ4n) is 2.97. The smallest absolute Gasteiger partial charge is 0.388 e. The number of pyridine rings is 1. The summed E-state index contributed by atoms with van der Waals surface area (Å²) in [5.41, 5.74) is 1.37. The lowest BCUT2D eigenvalue weighted by Crippen LogP contribution is -2.32. The van der Waals surface area contributed by atoms with Gasteiger partial charge in [-0.3, -0.25) is 4.98 Å². The summed E-state index contributed by atoms with van der Waals surface area (Å²) in [6.07, 6.45) is -0.505. The Balaban J connectivity index is 1.73. The van der Waals surface area contributed by atoms with Gasteiger partial charge in [-0.25, -0.2) is 9.97 Å². The number of aliphatic hydroxyl groups excluding tert-OH is 1. The minimum absolute atomic E-state index is 0.241. The van der Waals surface area contributed by atoms with Crippen molar-refractivity contribution in [2.75, 3.05) is 18.5 Å². The molecule has 2 N–H and O–H groups in total. The Hall–Kier alpha value is -2.78. The van der Waals surface area contributed by atoms with Crippen LogP contribution in [0.2, 0.25) is 0 Å². The molecule has 1 aliphatic heterocycles. The van der Waals surface area contributed by atoms with Crippen LogP contribution in [0.3, 0.4) is 0 Å². The third-order valence-electron chi connectivity index (χ3n) is 4.40. The second kappa shape index (κ2) is 6.75.